The number of benzene rings is 3. The average molecular weight is 444 g/mol. The number of hydrogen-bond donors (Lipinski definition) is 4. The Morgan fingerprint density at radius 1 is 1.00 bits per heavy atom. The molecule has 3 aromatic carbocycles. The monoisotopic (exact) mass is 443 g/mol. The van der Waals surface area contributed by atoms with Crippen LogP contribution in [0.25, 0.3) is 11.1 Å². The Morgan fingerprint density at radius 2 is 1.79 bits per heavy atom. The summed E-state index contributed by atoms with van der Waals surface area (Å²) in [6.07, 6.45) is 0. The molecule has 0 unspecified atom stereocenters. The van der Waals surface area contributed by atoms with Crippen LogP contribution in [-0.2, 0) is 19.6 Å². The maximum Gasteiger partial charge on any atom is 0.251 e. The van der Waals surface area contributed by atoms with Gasteiger partial charge in [-0.1, -0.05) is 48.5 Å². The summed E-state index contributed by atoms with van der Waals surface area (Å²) < 4.78 is 0. The molecule has 0 spiro atoms. The SMILES string of the molecule is CC(C)N1NCc2c(C(=O)NCc3ccccc3)cc(-c3cccc(CNCCN)c3)cc21. The molecule has 1 heterocycles. The van der Waals surface area contributed by atoms with Gasteiger partial charge in [-0.15, -0.1) is 0 Å². The standard InChI is InChI=1S/C27H33N5O/c1-19(2)32-26-15-23(22-10-6-9-21(13-22)16-29-12-11-28)14-24(25(26)18-31-32)27(33)30-17-20-7-4-3-5-8-20/h3-10,13-15,19,29,31H,11-12,16-18,28H2,1-2H3,(H,30,33). The van der Waals surface area contributed by atoms with Gasteiger partial charge < -0.3 is 21.4 Å². The van der Waals surface area contributed by atoms with E-state index in [1.807, 2.05) is 36.4 Å². The second-order valence-corrected chi connectivity index (χ2v) is 8.65. The highest BCUT2D eigenvalue weighted by molar-refractivity contribution is 5.99. The second-order valence-electron chi connectivity index (χ2n) is 8.65. The number of carbonyl (C=O) groups excluding carboxylic acids is 1. The van der Waals surface area contributed by atoms with Crippen molar-refractivity contribution in [2.45, 2.75) is 39.5 Å². The number of amides is 1. The molecule has 5 N–H and O–H groups in total. The summed E-state index contributed by atoms with van der Waals surface area (Å²) in [5, 5.41) is 8.61. The lowest BCUT2D eigenvalue weighted by Crippen LogP contribution is -2.38. The molecule has 0 atom stereocenters. The van der Waals surface area contributed by atoms with Crippen LogP contribution in [0.15, 0.2) is 66.7 Å². The summed E-state index contributed by atoms with van der Waals surface area (Å²) in [7, 11) is 0. The van der Waals surface area contributed by atoms with Crippen LogP contribution >= 0.6 is 0 Å². The fraction of sp³-hybridized carbons (Fsp3) is 0.296. The van der Waals surface area contributed by atoms with E-state index < -0.39 is 0 Å². The van der Waals surface area contributed by atoms with Crippen molar-refractivity contribution in [2.24, 2.45) is 5.73 Å². The van der Waals surface area contributed by atoms with E-state index in [-0.39, 0.29) is 11.9 Å². The molecule has 3 aromatic rings. The van der Waals surface area contributed by atoms with Gasteiger partial charge in [-0.3, -0.25) is 4.79 Å². The lowest BCUT2D eigenvalue weighted by atomic mass is 9.95. The Hall–Kier alpha value is -3.19. The molecule has 172 valence electrons. The number of carbonyl (C=O) groups is 1. The minimum Gasteiger partial charge on any atom is -0.348 e. The second kappa shape index (κ2) is 10.6. The van der Waals surface area contributed by atoms with Gasteiger partial charge in [0.1, 0.15) is 0 Å². The maximum absolute atomic E-state index is 13.3. The minimum absolute atomic E-state index is 0.0508. The van der Waals surface area contributed by atoms with Crippen LogP contribution in [-0.4, -0.2) is 25.0 Å². The first-order valence-electron chi connectivity index (χ1n) is 11.6. The summed E-state index contributed by atoms with van der Waals surface area (Å²) >= 11 is 0. The van der Waals surface area contributed by atoms with E-state index in [4.69, 9.17) is 5.73 Å². The highest BCUT2D eigenvalue weighted by atomic mass is 16.1. The van der Waals surface area contributed by atoms with Crippen LogP contribution in [0, 0.1) is 0 Å². The summed E-state index contributed by atoms with van der Waals surface area (Å²) in [6.45, 7) is 7.60. The number of nitrogens with two attached hydrogens (primary N) is 1. The first-order valence-corrected chi connectivity index (χ1v) is 11.6. The molecule has 6 nitrogen and oxygen atoms in total. The van der Waals surface area contributed by atoms with Crippen LogP contribution in [0.2, 0.25) is 0 Å². The zero-order valence-corrected chi connectivity index (χ0v) is 19.4. The summed E-state index contributed by atoms with van der Waals surface area (Å²) in [5.41, 5.74) is 16.3. The Kier molecular flexibility index (Phi) is 7.40. The van der Waals surface area contributed by atoms with Crippen molar-refractivity contribution in [3.63, 3.8) is 0 Å². The van der Waals surface area contributed by atoms with Crippen molar-refractivity contribution in [1.82, 2.24) is 16.1 Å². The van der Waals surface area contributed by atoms with E-state index in [9.17, 15) is 4.79 Å². The van der Waals surface area contributed by atoms with Gasteiger partial charge in [0.2, 0.25) is 0 Å². The van der Waals surface area contributed by atoms with Crippen LogP contribution in [0.3, 0.4) is 0 Å². The third-order valence-electron chi connectivity index (χ3n) is 5.88. The first-order chi connectivity index (χ1) is 16.1. The summed E-state index contributed by atoms with van der Waals surface area (Å²) in [5.74, 6) is -0.0508. The molecular weight excluding hydrogens is 410 g/mol. The van der Waals surface area contributed by atoms with Gasteiger partial charge in [0.05, 0.1) is 5.69 Å². The molecule has 0 aromatic heterocycles. The van der Waals surface area contributed by atoms with E-state index in [0.29, 0.717) is 19.6 Å². The van der Waals surface area contributed by atoms with Crippen LogP contribution in [0.4, 0.5) is 5.69 Å². The van der Waals surface area contributed by atoms with Gasteiger partial charge in [0, 0.05) is 49.9 Å². The molecular formula is C27H33N5O. The van der Waals surface area contributed by atoms with E-state index in [1.165, 1.54) is 5.56 Å². The average Bonchev–Trinajstić information content (AvgIpc) is 3.27. The van der Waals surface area contributed by atoms with Gasteiger partial charge in [-0.2, -0.15) is 0 Å². The summed E-state index contributed by atoms with van der Waals surface area (Å²) in [4.78, 5) is 13.3. The quantitative estimate of drug-likeness (QED) is 0.380. The Bertz CT molecular complexity index is 1100. The first kappa shape index (κ1) is 23.0. The Labute approximate surface area is 196 Å². The predicted octanol–water partition coefficient (Wildman–Crippen LogP) is 3.56. The van der Waals surface area contributed by atoms with Crippen LogP contribution < -0.4 is 26.8 Å². The molecule has 4 rings (SSSR count). The molecule has 33 heavy (non-hydrogen) atoms. The number of rotatable bonds is 9. The lowest BCUT2D eigenvalue weighted by Gasteiger charge is -2.24. The molecule has 6 heteroatoms. The third-order valence-corrected chi connectivity index (χ3v) is 5.88. The number of fused-ring (bicyclic) bond motifs is 1. The van der Waals surface area contributed by atoms with Gasteiger partial charge in [0.25, 0.3) is 5.91 Å². The number of nitrogens with one attached hydrogen (secondary N) is 3. The predicted molar refractivity (Wildman–Crippen MR) is 135 cm³/mol. The zero-order valence-electron chi connectivity index (χ0n) is 19.4. The van der Waals surface area contributed by atoms with Crippen molar-refractivity contribution in [3.05, 3.63) is 89.0 Å². The maximum atomic E-state index is 13.3. The van der Waals surface area contributed by atoms with Gasteiger partial charge in [-0.25, -0.2) is 5.43 Å². The van der Waals surface area contributed by atoms with Gasteiger partial charge in [0.15, 0.2) is 0 Å². The highest BCUT2D eigenvalue weighted by Crippen LogP contribution is 2.35. The van der Waals surface area contributed by atoms with E-state index in [2.05, 4.69) is 65.2 Å². The molecule has 1 amide bonds. The highest BCUT2D eigenvalue weighted by Gasteiger charge is 2.27. The third kappa shape index (κ3) is 5.42. The van der Waals surface area contributed by atoms with E-state index >= 15 is 0 Å². The zero-order chi connectivity index (χ0) is 23.2. The fourth-order valence-corrected chi connectivity index (χ4v) is 4.21. The number of hydrazine groups is 1. The molecule has 0 bridgehead atoms. The molecule has 0 saturated carbocycles. The number of nitrogens with zero attached hydrogens (tertiary/aromatic N) is 1. The Morgan fingerprint density at radius 3 is 2.55 bits per heavy atom. The van der Waals surface area contributed by atoms with Crippen molar-refractivity contribution >= 4 is 11.6 Å². The lowest BCUT2D eigenvalue weighted by molar-refractivity contribution is 0.0950. The van der Waals surface area contributed by atoms with E-state index in [1.54, 1.807) is 0 Å². The number of hydrogen-bond acceptors (Lipinski definition) is 5. The normalized spacial score (nSPS) is 12.8. The molecule has 1 aliphatic heterocycles. The van der Waals surface area contributed by atoms with Crippen molar-refractivity contribution in [2.75, 3.05) is 18.1 Å². The fourth-order valence-electron chi connectivity index (χ4n) is 4.21. The van der Waals surface area contributed by atoms with E-state index in [0.717, 1.165) is 46.6 Å². The molecule has 0 aliphatic carbocycles. The smallest absolute Gasteiger partial charge is 0.251 e. The molecule has 0 fully saturated rings. The molecule has 0 radical (unpaired) electrons. The van der Waals surface area contributed by atoms with Gasteiger partial charge in [-0.05, 0) is 54.3 Å². The topological polar surface area (TPSA) is 82.4 Å². The molecule has 0 saturated heterocycles. The van der Waals surface area contributed by atoms with Gasteiger partial charge >= 0.3 is 0 Å². The van der Waals surface area contributed by atoms with Crippen molar-refractivity contribution in [3.8, 4) is 11.1 Å². The number of anilines is 1. The minimum atomic E-state index is -0.0508. The Balaban J connectivity index is 1.66. The van der Waals surface area contributed by atoms with Crippen molar-refractivity contribution < 1.29 is 4.79 Å². The summed E-state index contributed by atoms with van der Waals surface area (Å²) in [6, 6.07) is 22.9. The molecule has 1 aliphatic rings. The van der Waals surface area contributed by atoms with Crippen LogP contribution in [0.5, 0.6) is 0 Å². The van der Waals surface area contributed by atoms with Crippen molar-refractivity contribution in [1.29, 1.82) is 0 Å². The largest absolute Gasteiger partial charge is 0.348 e. The van der Waals surface area contributed by atoms with Crippen LogP contribution in [0.1, 0.15) is 40.9 Å².